The molecule has 0 radical (unpaired) electrons. The van der Waals surface area contributed by atoms with Crippen LogP contribution in [0.2, 0.25) is 0 Å². The smallest absolute Gasteiger partial charge is 0.258 e. The number of fused-ring (bicyclic) bond motifs is 1. The fourth-order valence-corrected chi connectivity index (χ4v) is 1.63. The maximum atomic E-state index is 11.8. The second-order valence-corrected chi connectivity index (χ2v) is 4.22. The number of nitrogens with zero attached hydrogens (tertiary/aromatic N) is 1. The third kappa shape index (κ3) is 3.31. The van der Waals surface area contributed by atoms with E-state index in [0.717, 1.165) is 11.9 Å². The molecule has 0 aliphatic heterocycles. The molecule has 4 nitrogen and oxygen atoms in total. The van der Waals surface area contributed by atoms with E-state index in [2.05, 4.69) is 29.1 Å². The molecule has 0 aliphatic rings. The Labute approximate surface area is 112 Å². The van der Waals surface area contributed by atoms with E-state index in [1.165, 1.54) is 0 Å². The van der Waals surface area contributed by atoms with Gasteiger partial charge < -0.3 is 10.3 Å². The van der Waals surface area contributed by atoms with Gasteiger partial charge in [-0.2, -0.15) is 0 Å². The minimum absolute atomic E-state index is 0. The van der Waals surface area contributed by atoms with Gasteiger partial charge in [0.25, 0.3) is 5.56 Å². The monoisotopic (exact) mass is 267 g/mol. The van der Waals surface area contributed by atoms with Crippen molar-refractivity contribution in [2.45, 2.75) is 32.9 Å². The fourth-order valence-electron chi connectivity index (χ4n) is 1.63. The van der Waals surface area contributed by atoms with Crippen LogP contribution < -0.4 is 10.9 Å². The Balaban J connectivity index is 0.00000162. The van der Waals surface area contributed by atoms with Crippen LogP contribution >= 0.6 is 12.4 Å². The van der Waals surface area contributed by atoms with E-state index < -0.39 is 0 Å². The van der Waals surface area contributed by atoms with Crippen LogP contribution in [0.3, 0.4) is 0 Å². The second-order valence-electron chi connectivity index (χ2n) is 4.22. The topological polar surface area (TPSA) is 57.8 Å². The summed E-state index contributed by atoms with van der Waals surface area (Å²) >= 11 is 0. The average Bonchev–Trinajstić information content (AvgIpc) is 2.36. The van der Waals surface area contributed by atoms with Crippen molar-refractivity contribution < 1.29 is 0 Å². The summed E-state index contributed by atoms with van der Waals surface area (Å²) in [4.78, 5) is 19.0. The van der Waals surface area contributed by atoms with Gasteiger partial charge >= 0.3 is 0 Å². The summed E-state index contributed by atoms with van der Waals surface area (Å²) < 4.78 is 0. The van der Waals surface area contributed by atoms with Crippen molar-refractivity contribution in [3.05, 3.63) is 40.4 Å². The van der Waals surface area contributed by atoms with Crippen LogP contribution in [0.15, 0.2) is 29.1 Å². The Morgan fingerprint density at radius 1 is 1.39 bits per heavy atom. The maximum Gasteiger partial charge on any atom is 0.258 e. The quantitative estimate of drug-likeness (QED) is 0.893. The van der Waals surface area contributed by atoms with E-state index in [9.17, 15) is 4.79 Å². The van der Waals surface area contributed by atoms with E-state index in [1.807, 2.05) is 18.2 Å². The fraction of sp³-hybridized carbons (Fsp3) is 0.385. The normalized spacial score (nSPS) is 12.1. The van der Waals surface area contributed by atoms with Gasteiger partial charge in [0, 0.05) is 6.04 Å². The highest BCUT2D eigenvalue weighted by Gasteiger charge is 2.04. The van der Waals surface area contributed by atoms with Crippen molar-refractivity contribution in [2.24, 2.45) is 0 Å². The van der Waals surface area contributed by atoms with E-state index >= 15 is 0 Å². The van der Waals surface area contributed by atoms with Gasteiger partial charge in [-0.1, -0.05) is 19.1 Å². The van der Waals surface area contributed by atoms with Crippen molar-refractivity contribution in [1.82, 2.24) is 15.3 Å². The van der Waals surface area contributed by atoms with E-state index in [-0.39, 0.29) is 18.0 Å². The maximum absolute atomic E-state index is 11.8. The lowest BCUT2D eigenvalue weighted by molar-refractivity contribution is 0.523. The molecule has 1 aromatic carbocycles. The minimum atomic E-state index is -0.0726. The number of hydrogen-bond acceptors (Lipinski definition) is 3. The molecule has 0 fully saturated rings. The molecule has 2 N–H and O–H groups in total. The number of para-hydroxylation sites is 1. The summed E-state index contributed by atoms with van der Waals surface area (Å²) in [6.07, 6.45) is 1.05. The number of rotatable bonds is 4. The number of benzene rings is 1. The van der Waals surface area contributed by atoms with Crippen molar-refractivity contribution >= 4 is 23.3 Å². The van der Waals surface area contributed by atoms with Gasteiger partial charge in [-0.15, -0.1) is 12.4 Å². The molecule has 1 heterocycles. The lowest BCUT2D eigenvalue weighted by Crippen LogP contribution is -2.26. The molecule has 5 heteroatoms. The first kappa shape index (κ1) is 14.7. The summed E-state index contributed by atoms with van der Waals surface area (Å²) in [5.41, 5.74) is 0.675. The Bertz CT molecular complexity index is 567. The Morgan fingerprint density at radius 3 is 2.83 bits per heavy atom. The molecule has 0 aliphatic carbocycles. The number of aromatic amines is 1. The average molecular weight is 268 g/mol. The minimum Gasteiger partial charge on any atom is -0.309 e. The Morgan fingerprint density at radius 2 is 2.11 bits per heavy atom. The highest BCUT2D eigenvalue weighted by Crippen LogP contribution is 2.05. The van der Waals surface area contributed by atoms with Gasteiger partial charge in [-0.05, 0) is 25.5 Å². The van der Waals surface area contributed by atoms with Gasteiger partial charge in [0.1, 0.15) is 5.82 Å². The van der Waals surface area contributed by atoms with Gasteiger partial charge in [-0.25, -0.2) is 4.98 Å². The van der Waals surface area contributed by atoms with Crippen LogP contribution in [-0.2, 0) is 6.54 Å². The van der Waals surface area contributed by atoms with E-state index in [4.69, 9.17) is 0 Å². The van der Waals surface area contributed by atoms with Gasteiger partial charge in [-0.3, -0.25) is 4.79 Å². The van der Waals surface area contributed by atoms with Gasteiger partial charge in [0.2, 0.25) is 0 Å². The molecule has 1 aromatic heterocycles. The molecule has 2 rings (SSSR count). The molecule has 2 aromatic rings. The van der Waals surface area contributed by atoms with Crippen molar-refractivity contribution in [3.63, 3.8) is 0 Å². The number of hydrogen-bond donors (Lipinski definition) is 2. The summed E-state index contributed by atoms with van der Waals surface area (Å²) in [5, 5.41) is 3.95. The molecule has 98 valence electrons. The number of nitrogens with one attached hydrogen (secondary N) is 2. The molecule has 1 unspecified atom stereocenters. The standard InChI is InChI=1S/C13H17N3O.ClH/c1-3-9(2)14-8-12-15-11-7-5-4-6-10(11)13(17)16-12;/h4-7,9,14H,3,8H2,1-2H3,(H,15,16,17);1H. The zero-order valence-electron chi connectivity index (χ0n) is 10.6. The zero-order valence-corrected chi connectivity index (χ0v) is 11.4. The number of halogens is 1. The van der Waals surface area contributed by atoms with Crippen LogP contribution in [0.5, 0.6) is 0 Å². The van der Waals surface area contributed by atoms with Crippen molar-refractivity contribution in [1.29, 1.82) is 0 Å². The molecule has 0 bridgehead atoms. The molecule has 1 atom stereocenters. The Kier molecular flexibility index (Phi) is 5.31. The third-order valence-electron chi connectivity index (χ3n) is 2.89. The van der Waals surface area contributed by atoms with Crippen molar-refractivity contribution in [2.75, 3.05) is 0 Å². The first-order chi connectivity index (χ1) is 8.20. The molecule has 0 amide bonds. The Hall–Kier alpha value is -1.39. The van der Waals surface area contributed by atoms with Crippen LogP contribution in [0, 0.1) is 0 Å². The zero-order chi connectivity index (χ0) is 12.3. The van der Waals surface area contributed by atoms with E-state index in [1.54, 1.807) is 6.07 Å². The van der Waals surface area contributed by atoms with Gasteiger partial charge in [0.05, 0.1) is 17.4 Å². The lowest BCUT2D eigenvalue weighted by Gasteiger charge is -2.10. The molecular weight excluding hydrogens is 250 g/mol. The first-order valence-electron chi connectivity index (χ1n) is 5.92. The summed E-state index contributed by atoms with van der Waals surface area (Å²) in [6, 6.07) is 7.80. The molecular formula is C13H18ClN3O. The molecule has 18 heavy (non-hydrogen) atoms. The van der Waals surface area contributed by atoms with Crippen LogP contribution in [-0.4, -0.2) is 16.0 Å². The SMILES string of the molecule is CCC(C)NCc1nc2ccccc2c(=O)[nH]1.Cl. The first-order valence-corrected chi connectivity index (χ1v) is 5.92. The number of H-pyrrole nitrogens is 1. The highest BCUT2D eigenvalue weighted by atomic mass is 35.5. The highest BCUT2D eigenvalue weighted by molar-refractivity contribution is 5.85. The second kappa shape index (κ2) is 6.52. The van der Waals surface area contributed by atoms with Crippen LogP contribution in [0.25, 0.3) is 10.9 Å². The summed E-state index contributed by atoms with van der Waals surface area (Å²) in [7, 11) is 0. The summed E-state index contributed by atoms with van der Waals surface area (Å²) in [6.45, 7) is 4.82. The van der Waals surface area contributed by atoms with Crippen LogP contribution in [0.4, 0.5) is 0 Å². The predicted octanol–water partition coefficient (Wildman–Crippen LogP) is 2.23. The lowest BCUT2D eigenvalue weighted by atomic mass is 10.2. The van der Waals surface area contributed by atoms with E-state index in [0.29, 0.717) is 23.8 Å². The molecule has 0 spiro atoms. The van der Waals surface area contributed by atoms with Gasteiger partial charge in [0.15, 0.2) is 0 Å². The van der Waals surface area contributed by atoms with Crippen molar-refractivity contribution in [3.8, 4) is 0 Å². The summed E-state index contributed by atoms with van der Waals surface area (Å²) in [5.74, 6) is 0.689. The van der Waals surface area contributed by atoms with Crippen LogP contribution in [0.1, 0.15) is 26.1 Å². The predicted molar refractivity (Wildman–Crippen MR) is 76.2 cm³/mol. The number of aromatic nitrogens is 2. The molecule has 0 saturated heterocycles. The largest absolute Gasteiger partial charge is 0.309 e. The molecule has 0 saturated carbocycles. The third-order valence-corrected chi connectivity index (χ3v) is 2.89.